The van der Waals surface area contributed by atoms with Gasteiger partial charge in [-0.25, -0.2) is 9.78 Å². The zero-order valence-electron chi connectivity index (χ0n) is 11.0. The average molecular weight is 296 g/mol. The predicted octanol–water partition coefficient (Wildman–Crippen LogP) is 4.25. The number of aromatic carboxylic acids is 1. The molecule has 1 aromatic heterocycles. The molecule has 2 N–H and O–H groups in total. The standard InChI is InChI=1S/C16H12N2O2S/c19-15(20)14-10-17-16(21-14)18-13-9-5-4-8-12(13)11-6-2-1-3-7-11/h1-10H,(H,17,18)(H,19,20). The van der Waals surface area contributed by atoms with Crippen molar-refractivity contribution in [3.63, 3.8) is 0 Å². The summed E-state index contributed by atoms with van der Waals surface area (Å²) in [7, 11) is 0. The van der Waals surface area contributed by atoms with Crippen LogP contribution < -0.4 is 5.32 Å². The fourth-order valence-electron chi connectivity index (χ4n) is 2.01. The quantitative estimate of drug-likeness (QED) is 0.755. The van der Waals surface area contributed by atoms with Crippen molar-refractivity contribution in [2.45, 2.75) is 0 Å². The Balaban J connectivity index is 1.94. The smallest absolute Gasteiger partial charge is 0.347 e. The predicted molar refractivity (Wildman–Crippen MR) is 84.2 cm³/mol. The Labute approximate surface area is 125 Å². The average Bonchev–Trinajstić information content (AvgIpc) is 2.98. The Kier molecular flexibility index (Phi) is 3.66. The van der Waals surface area contributed by atoms with Crippen LogP contribution in [-0.4, -0.2) is 16.1 Å². The van der Waals surface area contributed by atoms with E-state index >= 15 is 0 Å². The largest absolute Gasteiger partial charge is 0.477 e. The Morgan fingerprint density at radius 2 is 1.76 bits per heavy atom. The third-order valence-corrected chi connectivity index (χ3v) is 3.87. The SMILES string of the molecule is O=C(O)c1cnc(Nc2ccccc2-c2ccccc2)s1. The molecule has 4 nitrogen and oxygen atoms in total. The summed E-state index contributed by atoms with van der Waals surface area (Å²) in [6.07, 6.45) is 1.36. The summed E-state index contributed by atoms with van der Waals surface area (Å²) in [5.41, 5.74) is 3.04. The molecular weight excluding hydrogens is 284 g/mol. The third kappa shape index (κ3) is 2.93. The number of carboxylic acids is 1. The Hall–Kier alpha value is -2.66. The maximum atomic E-state index is 10.9. The molecule has 21 heavy (non-hydrogen) atoms. The van der Waals surface area contributed by atoms with Crippen LogP contribution in [0.1, 0.15) is 9.67 Å². The minimum absolute atomic E-state index is 0.217. The highest BCUT2D eigenvalue weighted by atomic mass is 32.1. The van der Waals surface area contributed by atoms with Gasteiger partial charge in [0.05, 0.1) is 6.20 Å². The fraction of sp³-hybridized carbons (Fsp3) is 0. The molecule has 3 aromatic rings. The summed E-state index contributed by atoms with van der Waals surface area (Å²) in [6.45, 7) is 0. The second-order valence-electron chi connectivity index (χ2n) is 4.37. The first kappa shape index (κ1) is 13.3. The van der Waals surface area contributed by atoms with E-state index in [1.54, 1.807) is 0 Å². The number of anilines is 2. The Morgan fingerprint density at radius 1 is 1.05 bits per heavy atom. The van der Waals surface area contributed by atoms with Gasteiger partial charge >= 0.3 is 5.97 Å². The van der Waals surface area contributed by atoms with E-state index in [2.05, 4.69) is 10.3 Å². The third-order valence-electron chi connectivity index (χ3n) is 2.97. The van der Waals surface area contributed by atoms with Gasteiger partial charge in [0.25, 0.3) is 0 Å². The minimum Gasteiger partial charge on any atom is -0.477 e. The lowest BCUT2D eigenvalue weighted by Gasteiger charge is -2.10. The molecule has 1 heterocycles. The lowest BCUT2D eigenvalue weighted by Crippen LogP contribution is -1.92. The number of rotatable bonds is 4. The van der Waals surface area contributed by atoms with Crippen molar-refractivity contribution >= 4 is 28.1 Å². The van der Waals surface area contributed by atoms with E-state index in [1.165, 1.54) is 6.20 Å². The molecule has 0 atom stereocenters. The van der Waals surface area contributed by atoms with Gasteiger partial charge in [0.2, 0.25) is 0 Å². The number of aromatic nitrogens is 1. The van der Waals surface area contributed by atoms with Gasteiger partial charge in [-0.05, 0) is 11.6 Å². The number of benzene rings is 2. The summed E-state index contributed by atoms with van der Waals surface area (Å²) in [6, 6.07) is 17.9. The minimum atomic E-state index is -0.961. The molecule has 0 amide bonds. The van der Waals surface area contributed by atoms with Crippen LogP contribution in [0.15, 0.2) is 60.8 Å². The van der Waals surface area contributed by atoms with E-state index in [-0.39, 0.29) is 4.88 Å². The zero-order chi connectivity index (χ0) is 14.7. The Bertz CT molecular complexity index is 769. The lowest BCUT2D eigenvalue weighted by atomic mass is 10.0. The van der Waals surface area contributed by atoms with E-state index in [1.807, 2.05) is 54.6 Å². The van der Waals surface area contributed by atoms with Crippen LogP contribution in [0.25, 0.3) is 11.1 Å². The lowest BCUT2D eigenvalue weighted by molar-refractivity contribution is 0.0702. The normalized spacial score (nSPS) is 10.3. The monoisotopic (exact) mass is 296 g/mol. The zero-order valence-corrected chi connectivity index (χ0v) is 11.8. The van der Waals surface area contributed by atoms with E-state index in [0.717, 1.165) is 28.2 Å². The number of nitrogens with one attached hydrogen (secondary N) is 1. The summed E-state index contributed by atoms with van der Waals surface area (Å²) in [5, 5.41) is 12.7. The molecule has 104 valence electrons. The first-order valence-corrected chi connectivity index (χ1v) is 7.16. The maximum Gasteiger partial charge on any atom is 0.347 e. The number of para-hydroxylation sites is 1. The van der Waals surface area contributed by atoms with Gasteiger partial charge in [-0.2, -0.15) is 0 Å². The molecule has 0 unspecified atom stereocenters. The van der Waals surface area contributed by atoms with E-state index in [4.69, 9.17) is 5.11 Å². The topological polar surface area (TPSA) is 62.2 Å². The summed E-state index contributed by atoms with van der Waals surface area (Å²) in [5.74, 6) is -0.961. The molecule has 0 aliphatic rings. The van der Waals surface area contributed by atoms with Crippen molar-refractivity contribution in [2.24, 2.45) is 0 Å². The van der Waals surface area contributed by atoms with Crippen LogP contribution in [0.3, 0.4) is 0 Å². The number of thiazole rings is 1. The second kappa shape index (κ2) is 5.76. The number of carboxylic acid groups (broad SMARTS) is 1. The molecule has 5 heteroatoms. The molecule has 0 fully saturated rings. The summed E-state index contributed by atoms with van der Waals surface area (Å²) in [4.78, 5) is 15.2. The highest BCUT2D eigenvalue weighted by Crippen LogP contribution is 2.31. The van der Waals surface area contributed by atoms with Gasteiger partial charge in [0.1, 0.15) is 4.88 Å². The van der Waals surface area contributed by atoms with E-state index in [9.17, 15) is 4.79 Å². The van der Waals surface area contributed by atoms with Gasteiger partial charge < -0.3 is 10.4 Å². The van der Waals surface area contributed by atoms with Gasteiger partial charge in [0, 0.05) is 11.3 Å². The van der Waals surface area contributed by atoms with Crippen molar-refractivity contribution in [3.8, 4) is 11.1 Å². The van der Waals surface area contributed by atoms with Crippen LogP contribution in [0.5, 0.6) is 0 Å². The van der Waals surface area contributed by atoms with Crippen molar-refractivity contribution in [2.75, 3.05) is 5.32 Å². The fourth-order valence-corrected chi connectivity index (χ4v) is 2.67. The van der Waals surface area contributed by atoms with Crippen LogP contribution in [-0.2, 0) is 0 Å². The molecular formula is C16H12N2O2S. The molecule has 0 saturated heterocycles. The first-order chi connectivity index (χ1) is 10.2. The van der Waals surface area contributed by atoms with E-state index in [0.29, 0.717) is 5.13 Å². The molecule has 3 rings (SSSR count). The number of carbonyl (C=O) groups is 1. The van der Waals surface area contributed by atoms with Crippen molar-refractivity contribution in [1.29, 1.82) is 0 Å². The summed E-state index contributed by atoms with van der Waals surface area (Å²) >= 11 is 1.12. The summed E-state index contributed by atoms with van der Waals surface area (Å²) < 4.78 is 0. The van der Waals surface area contributed by atoms with Crippen LogP contribution in [0.4, 0.5) is 10.8 Å². The van der Waals surface area contributed by atoms with Gasteiger partial charge in [0.15, 0.2) is 5.13 Å². The van der Waals surface area contributed by atoms with Crippen LogP contribution in [0.2, 0.25) is 0 Å². The van der Waals surface area contributed by atoms with Gasteiger partial charge in [-0.3, -0.25) is 0 Å². The van der Waals surface area contributed by atoms with Crippen LogP contribution in [0, 0.1) is 0 Å². The van der Waals surface area contributed by atoms with Crippen molar-refractivity contribution < 1.29 is 9.90 Å². The number of hydrogen-bond acceptors (Lipinski definition) is 4. The molecule has 0 bridgehead atoms. The highest BCUT2D eigenvalue weighted by molar-refractivity contribution is 7.17. The van der Waals surface area contributed by atoms with Gasteiger partial charge in [-0.15, -0.1) is 0 Å². The molecule has 0 spiro atoms. The highest BCUT2D eigenvalue weighted by Gasteiger charge is 2.10. The van der Waals surface area contributed by atoms with Crippen molar-refractivity contribution in [1.82, 2.24) is 4.98 Å². The molecule has 0 saturated carbocycles. The molecule has 0 radical (unpaired) electrons. The molecule has 2 aromatic carbocycles. The second-order valence-corrected chi connectivity index (χ2v) is 5.40. The maximum absolute atomic E-state index is 10.9. The first-order valence-electron chi connectivity index (χ1n) is 6.34. The Morgan fingerprint density at radius 3 is 2.48 bits per heavy atom. The molecule has 0 aliphatic carbocycles. The van der Waals surface area contributed by atoms with Gasteiger partial charge in [-0.1, -0.05) is 59.9 Å². The van der Waals surface area contributed by atoms with E-state index < -0.39 is 5.97 Å². The van der Waals surface area contributed by atoms with Crippen molar-refractivity contribution in [3.05, 3.63) is 65.7 Å². The molecule has 0 aliphatic heterocycles. The number of nitrogens with zero attached hydrogens (tertiary/aromatic N) is 1. The number of hydrogen-bond donors (Lipinski definition) is 2. The van der Waals surface area contributed by atoms with Crippen LogP contribution >= 0.6 is 11.3 Å².